The van der Waals surface area contributed by atoms with Gasteiger partial charge in [0, 0.05) is 58.2 Å². The van der Waals surface area contributed by atoms with Gasteiger partial charge in [-0.25, -0.2) is 14.6 Å². The van der Waals surface area contributed by atoms with E-state index in [1.807, 2.05) is 32.9 Å². The Morgan fingerprint density at radius 2 is 1.43 bits per heavy atom. The number of nitrogens with zero attached hydrogens (tertiary/aromatic N) is 2. The predicted molar refractivity (Wildman–Crippen MR) is 283 cm³/mol. The fraction of sp³-hybridized carbons (Fsp3) is 0.283. The van der Waals surface area contributed by atoms with Gasteiger partial charge >= 0.3 is 26.2 Å². The van der Waals surface area contributed by atoms with E-state index < -0.39 is 61.7 Å². The maximum Gasteiger partial charge on any atom is 0.488 e. The molecule has 0 saturated heterocycles. The summed E-state index contributed by atoms with van der Waals surface area (Å²) in [5.74, 6) is -3.65. The van der Waals surface area contributed by atoms with E-state index in [0.29, 0.717) is 84.8 Å². The number of benzene rings is 2. The van der Waals surface area contributed by atoms with E-state index in [1.165, 1.54) is 30.5 Å². The first-order valence-electron chi connectivity index (χ1n) is 24.0. The zero-order valence-corrected chi connectivity index (χ0v) is 41.6. The number of rotatable bonds is 19. The Labute approximate surface area is 427 Å². The summed E-state index contributed by atoms with van der Waals surface area (Å²) in [6.45, 7) is 13.4. The number of aliphatic hydroxyl groups is 1. The molecule has 5 heterocycles. The number of fused-ring (bicyclic) bond motifs is 7. The summed E-state index contributed by atoms with van der Waals surface area (Å²) in [6.07, 6.45) is 11.6. The van der Waals surface area contributed by atoms with Crippen LogP contribution in [0.1, 0.15) is 78.4 Å². The van der Waals surface area contributed by atoms with E-state index in [0.717, 1.165) is 11.1 Å². The van der Waals surface area contributed by atoms with Crippen LogP contribution in [0.3, 0.4) is 0 Å². The molecule has 4 aromatic rings. The first kappa shape index (κ1) is 54.0. The molecule has 4 unspecified atom stereocenters. The minimum Gasteiger partial charge on any atom is -0.480 e. The summed E-state index contributed by atoms with van der Waals surface area (Å²) >= 11 is 0. The monoisotopic (exact) mass is 1010 g/mol. The number of nitrogens with one attached hydrogen (secondary N) is 5. The number of amides is 2. The molecule has 8 bridgehead atoms. The molecule has 2 amide bonds. The van der Waals surface area contributed by atoms with Crippen molar-refractivity contribution in [2.45, 2.75) is 90.4 Å². The van der Waals surface area contributed by atoms with Crippen LogP contribution in [0, 0.1) is 13.8 Å². The smallest absolute Gasteiger partial charge is 0.480 e. The summed E-state index contributed by atoms with van der Waals surface area (Å²) in [6, 6.07) is 8.78. The molecule has 19 nitrogen and oxygen atoms in total. The lowest BCUT2D eigenvalue weighted by Gasteiger charge is -2.20. The van der Waals surface area contributed by atoms with Crippen molar-refractivity contribution in [2.75, 3.05) is 6.61 Å². The second kappa shape index (κ2) is 22.9. The maximum atomic E-state index is 14.1. The lowest BCUT2D eigenvalue weighted by atomic mass is 9.26. The fourth-order valence-corrected chi connectivity index (χ4v) is 9.24. The second-order valence-corrected chi connectivity index (χ2v) is 18.5. The number of hydrogen-bond acceptors (Lipinski definition) is 13. The lowest BCUT2D eigenvalue weighted by molar-refractivity contribution is -0.142. The van der Waals surface area contributed by atoms with Crippen LogP contribution in [-0.2, 0) is 43.3 Å². The van der Waals surface area contributed by atoms with E-state index in [4.69, 9.17) is 9.83 Å². The van der Waals surface area contributed by atoms with Gasteiger partial charge in [-0.15, -0.1) is 0 Å². The molecule has 12 N–H and O–H groups in total. The molecule has 74 heavy (non-hydrogen) atoms. The molecule has 3 aliphatic rings. The maximum absolute atomic E-state index is 14.1. The van der Waals surface area contributed by atoms with E-state index in [2.05, 4.69) is 37.7 Å². The van der Waals surface area contributed by atoms with Gasteiger partial charge in [0.25, 0.3) is 0 Å². The normalized spacial score (nSPS) is 20.6. The molecule has 384 valence electrons. The number of aromatic amines is 2. The number of oxime groups is 1. The Morgan fingerprint density at radius 3 is 1.99 bits per heavy atom. The van der Waals surface area contributed by atoms with Crippen molar-refractivity contribution in [3.8, 4) is 0 Å². The molecule has 2 aromatic carbocycles. The highest BCUT2D eigenvalue weighted by Gasteiger charge is 2.39. The third-order valence-corrected chi connectivity index (χ3v) is 13.5. The van der Waals surface area contributed by atoms with E-state index in [1.54, 1.807) is 62.4 Å². The van der Waals surface area contributed by atoms with E-state index >= 15 is 0 Å². The molecule has 4 atom stereocenters. The Morgan fingerprint density at radius 1 is 0.838 bits per heavy atom. The molecular weight excluding hydrogens is 947 g/mol. The van der Waals surface area contributed by atoms with Crippen LogP contribution < -0.4 is 37.6 Å². The zero-order chi connectivity index (χ0) is 53.6. The summed E-state index contributed by atoms with van der Waals surface area (Å²) in [5, 5.41) is 84.7. The van der Waals surface area contributed by atoms with Crippen molar-refractivity contribution in [1.82, 2.24) is 25.9 Å². The van der Waals surface area contributed by atoms with Crippen LogP contribution >= 0.6 is 0 Å². The van der Waals surface area contributed by atoms with Gasteiger partial charge in [-0.3, -0.25) is 9.59 Å². The quantitative estimate of drug-likeness (QED) is 0.0343. The van der Waals surface area contributed by atoms with Gasteiger partial charge in [0.15, 0.2) is 0 Å². The zero-order valence-electron chi connectivity index (χ0n) is 41.6. The number of aliphatic imine (C=N–C) groups is 1. The molecule has 0 spiro atoms. The summed E-state index contributed by atoms with van der Waals surface area (Å²) in [5.41, 5.74) is 7.26. The largest absolute Gasteiger partial charge is 0.488 e. The standard InChI is InChI=1S/C53H59B2N7O12/c1-7-35-28(3)39-24-40-30(5)37(23-50(64)62-47(52(67)68)22-32-11-15-34(16-12-32)55(72)73)43(58-40)26-42-36(17-18-49(63)61-46(51(65)66)21-31-9-13-33(14-10-31)54(70)71)29(4)41(57-42)25-45-38(19-20-56-74-8-2)53(6,69)48(60-45)27-44(35)59-39/h7,9-16,19-20,24-27,43,46-47,57-59,69-73H,1,8,17-18,21-23H2,2-6H3,(H,61,63)(H,62,64)(H,65,66)(H,67,68)/b38-19-,40-24-,41-25-,42-26-,48-27-,56-20+/i54-1,55-1. The van der Waals surface area contributed by atoms with E-state index in [9.17, 15) is 54.6 Å². The summed E-state index contributed by atoms with van der Waals surface area (Å²) in [4.78, 5) is 69.9. The number of carbonyl (C=O) groups excluding carboxylic acids is 2. The Bertz CT molecular complexity index is 3180. The predicted octanol–water partition coefficient (Wildman–Crippen LogP) is 0.308. The highest BCUT2D eigenvalue weighted by atomic mass is 16.6. The van der Waals surface area contributed by atoms with Gasteiger partial charge in [0.2, 0.25) is 11.8 Å². The van der Waals surface area contributed by atoms with Crippen LogP contribution in [-0.4, -0.2) is 126 Å². The van der Waals surface area contributed by atoms with Crippen molar-refractivity contribution in [3.05, 3.63) is 145 Å². The highest BCUT2D eigenvalue weighted by Crippen LogP contribution is 2.38. The average Bonchev–Trinajstić information content (AvgIpc) is 3.99. The third-order valence-electron chi connectivity index (χ3n) is 13.5. The molecule has 3 aliphatic heterocycles. The Balaban J connectivity index is 1.32. The number of hydrogen-bond donors (Lipinski definition) is 12. The van der Waals surface area contributed by atoms with Crippen LogP contribution in [0.4, 0.5) is 0 Å². The van der Waals surface area contributed by atoms with Crippen molar-refractivity contribution in [2.24, 2.45) is 10.1 Å². The average molecular weight is 1010 g/mol. The molecule has 2 aromatic heterocycles. The molecule has 7 rings (SSSR count). The summed E-state index contributed by atoms with van der Waals surface area (Å²) in [7, 11) is -3.40. The van der Waals surface area contributed by atoms with Gasteiger partial charge in [-0.05, 0) is 121 Å². The number of aromatic nitrogens is 2. The minimum absolute atomic E-state index is 0.0725. The molecule has 21 heteroatoms. The highest BCUT2D eigenvalue weighted by molar-refractivity contribution is 6.58. The topological polar surface area (TPSA) is 312 Å². The van der Waals surface area contributed by atoms with Crippen LogP contribution in [0.5, 0.6) is 0 Å². The van der Waals surface area contributed by atoms with Gasteiger partial charge in [0.1, 0.15) is 24.3 Å². The van der Waals surface area contributed by atoms with Gasteiger partial charge < -0.3 is 66.2 Å². The van der Waals surface area contributed by atoms with Crippen molar-refractivity contribution in [3.63, 3.8) is 0 Å². The van der Waals surface area contributed by atoms with Gasteiger partial charge in [0.05, 0.1) is 30.1 Å². The Kier molecular flexibility index (Phi) is 16.7. The van der Waals surface area contributed by atoms with E-state index in [-0.39, 0.29) is 43.0 Å². The van der Waals surface area contributed by atoms with Crippen LogP contribution in [0.25, 0.3) is 30.4 Å². The first-order chi connectivity index (χ1) is 35.2. The lowest BCUT2D eigenvalue weighted by Crippen LogP contribution is -2.43. The molecule has 0 fully saturated rings. The number of carbonyl (C=O) groups is 4. The first-order valence-corrected chi connectivity index (χ1v) is 24.0. The molecular formula is C53H59B2N7O12. The number of aliphatic carboxylic acids is 2. The fourth-order valence-electron chi connectivity index (χ4n) is 9.24. The minimum atomic E-state index is -1.70. The number of carboxylic acids is 2. The molecule has 0 radical (unpaired) electrons. The number of carboxylic acid groups (broad SMARTS) is 2. The van der Waals surface area contributed by atoms with Crippen LogP contribution in [0.15, 0.2) is 99.4 Å². The Hall–Kier alpha value is -7.81. The third kappa shape index (κ3) is 12.2. The SMILES string of the molecule is C=Cc1c2[nH]c(c1C)/C=C1\NC(/C=c3\[nH]/c(c(C)c3CCC(=O)NC(Cc3ccc([10B](O)O)cc3)C(=O)O)=C\C3=NC(=C\2)/C(C)(O)/C3=C\C=N\OCC)C(CC(=O)NC(Cc2ccc([10B](O)O)cc2)C(=O)O)=C1C. The van der Waals surface area contributed by atoms with Crippen molar-refractivity contribution >= 4 is 91.2 Å². The summed E-state index contributed by atoms with van der Waals surface area (Å²) < 4.78 is 0. The second-order valence-electron chi connectivity index (χ2n) is 18.5. The van der Waals surface area contributed by atoms with Gasteiger partial charge in [-0.1, -0.05) is 66.3 Å². The number of H-pyrrole nitrogens is 2. The molecule has 0 aliphatic carbocycles. The van der Waals surface area contributed by atoms with Crippen LogP contribution in [0.2, 0.25) is 0 Å². The van der Waals surface area contributed by atoms with Crippen molar-refractivity contribution < 1.29 is 59.4 Å². The van der Waals surface area contributed by atoms with Crippen molar-refractivity contribution in [1.29, 1.82) is 0 Å². The molecule has 0 saturated carbocycles. The number of allylic oxidation sites excluding steroid dienone is 2. The van der Waals surface area contributed by atoms with Gasteiger partial charge in [-0.2, -0.15) is 0 Å².